The van der Waals surface area contributed by atoms with Gasteiger partial charge in [0.05, 0.1) is 17.3 Å². The van der Waals surface area contributed by atoms with Crippen LogP contribution >= 0.6 is 0 Å². The predicted molar refractivity (Wildman–Crippen MR) is 193 cm³/mol. The van der Waals surface area contributed by atoms with E-state index in [-0.39, 0.29) is 19.4 Å². The molecule has 52 heavy (non-hydrogen) atoms. The molecular formula is C37H46N6O8S. The molecule has 3 fully saturated rings. The number of benzene rings is 2. The van der Waals surface area contributed by atoms with Gasteiger partial charge in [-0.3, -0.25) is 14.3 Å². The van der Waals surface area contributed by atoms with Crippen LogP contribution in [-0.2, 0) is 29.2 Å². The molecule has 2 saturated carbocycles. The molecule has 6 rings (SSSR count). The number of hydrazine groups is 1. The lowest BCUT2D eigenvalue weighted by atomic mass is 10.1. The summed E-state index contributed by atoms with van der Waals surface area (Å²) < 4.78 is 32.9. The summed E-state index contributed by atoms with van der Waals surface area (Å²) in [4.78, 5) is 62.3. The Bertz CT molecular complexity index is 1900. The molecule has 0 aromatic heterocycles. The van der Waals surface area contributed by atoms with Gasteiger partial charge in [-0.25, -0.2) is 28.4 Å². The average Bonchev–Trinajstić information content (AvgIpc) is 3.97. The van der Waals surface area contributed by atoms with Crippen molar-refractivity contribution >= 4 is 39.7 Å². The maximum absolute atomic E-state index is 14.4. The maximum atomic E-state index is 14.4. The van der Waals surface area contributed by atoms with E-state index in [1.807, 2.05) is 48.5 Å². The van der Waals surface area contributed by atoms with Crippen LogP contribution < -0.4 is 15.5 Å². The first-order chi connectivity index (χ1) is 24.3. The SMILES string of the molecule is C=C[C@@H]1C[C@]1(NC(=O)[C@@H]1C[C@@H](ON=C2c3ccccc3-c3ccccc32)CN1C(=O)N(NC(=O)OC(C)(C)C)C(C)(C)C)C(=O)NS(=O)(=O)C1CC1. The molecule has 1 aliphatic heterocycles. The minimum absolute atomic E-state index is 0.0150. The fraction of sp³-hybridized carbons (Fsp3) is 0.486. The van der Waals surface area contributed by atoms with Crippen molar-refractivity contribution in [1.29, 1.82) is 0 Å². The number of hydrogen-bond donors (Lipinski definition) is 3. The third-order valence-corrected chi connectivity index (χ3v) is 11.3. The molecule has 3 N–H and O–H groups in total. The predicted octanol–water partition coefficient (Wildman–Crippen LogP) is 4.21. The molecule has 0 unspecified atom stereocenters. The quantitative estimate of drug-likeness (QED) is 0.228. The van der Waals surface area contributed by atoms with Crippen LogP contribution in [0, 0.1) is 5.92 Å². The summed E-state index contributed by atoms with van der Waals surface area (Å²) in [6, 6.07) is 13.7. The van der Waals surface area contributed by atoms with Crippen LogP contribution in [0.15, 0.2) is 66.3 Å². The van der Waals surface area contributed by atoms with Crippen LogP contribution in [0.1, 0.15) is 78.4 Å². The molecule has 2 aromatic rings. The van der Waals surface area contributed by atoms with Crippen LogP contribution in [0.2, 0.25) is 0 Å². The van der Waals surface area contributed by atoms with Gasteiger partial charge in [0.15, 0.2) is 0 Å². The molecule has 3 aliphatic carbocycles. The van der Waals surface area contributed by atoms with Crippen molar-refractivity contribution in [3.63, 3.8) is 0 Å². The van der Waals surface area contributed by atoms with Crippen LogP contribution in [0.25, 0.3) is 11.1 Å². The summed E-state index contributed by atoms with van der Waals surface area (Å²) in [5.41, 5.74) is 3.51. The highest BCUT2D eigenvalue weighted by molar-refractivity contribution is 7.91. The highest BCUT2D eigenvalue weighted by Gasteiger charge is 2.62. The van der Waals surface area contributed by atoms with Crippen molar-refractivity contribution in [3.05, 3.63) is 72.3 Å². The number of nitrogens with one attached hydrogen (secondary N) is 3. The maximum Gasteiger partial charge on any atom is 0.426 e. The monoisotopic (exact) mass is 734 g/mol. The molecule has 4 aliphatic rings. The molecule has 5 amide bonds. The highest BCUT2D eigenvalue weighted by atomic mass is 32.2. The number of carbonyl (C=O) groups excluding carboxylic acids is 4. The van der Waals surface area contributed by atoms with Crippen LogP contribution in [-0.4, -0.2) is 88.6 Å². The fourth-order valence-electron chi connectivity index (χ4n) is 6.60. The van der Waals surface area contributed by atoms with Crippen molar-refractivity contribution in [2.24, 2.45) is 11.1 Å². The van der Waals surface area contributed by atoms with Crippen molar-refractivity contribution in [2.45, 2.75) is 101 Å². The fourth-order valence-corrected chi connectivity index (χ4v) is 7.96. The van der Waals surface area contributed by atoms with Gasteiger partial charge in [-0.2, -0.15) is 0 Å². The number of hydrogen-bond acceptors (Lipinski definition) is 9. The van der Waals surface area contributed by atoms with E-state index in [9.17, 15) is 27.6 Å². The highest BCUT2D eigenvalue weighted by Crippen LogP contribution is 2.45. The molecule has 1 heterocycles. The Hall–Kier alpha value is -4.92. The number of sulfonamides is 1. The van der Waals surface area contributed by atoms with Gasteiger partial charge in [0.1, 0.15) is 29.0 Å². The standard InChI is InChI=1S/C37H46N6O8S/c1-8-22-20-37(22,32(45)41-52(48,49)24-17-18-24)38-31(44)29-19-23(21-42(29)34(47)43(35(2,3)4)39-33(46)50-36(5,6)7)51-40-30-27-15-11-9-13-25(27)26-14-10-12-16-28(26)30/h8-16,22-24,29H,1,17-21H2,2-7H3,(H,38,44)(H,39,46)(H,41,45)/t22-,23-,29+,37-/m1/s1. The van der Waals surface area contributed by atoms with E-state index in [0.29, 0.717) is 18.6 Å². The van der Waals surface area contributed by atoms with E-state index in [0.717, 1.165) is 27.3 Å². The Morgan fingerprint density at radius 2 is 1.54 bits per heavy atom. The number of ether oxygens (including phenoxy) is 1. The first-order valence-electron chi connectivity index (χ1n) is 17.4. The zero-order chi connectivity index (χ0) is 37.8. The van der Waals surface area contributed by atoms with Crippen LogP contribution in [0.3, 0.4) is 0 Å². The van der Waals surface area contributed by atoms with Crippen molar-refractivity contribution in [3.8, 4) is 11.1 Å². The third kappa shape index (κ3) is 7.36. The Labute approximate surface area is 304 Å². The summed E-state index contributed by atoms with van der Waals surface area (Å²) in [7, 11) is -3.90. The second kappa shape index (κ2) is 13.2. The molecular weight excluding hydrogens is 689 g/mol. The van der Waals surface area contributed by atoms with E-state index in [1.54, 1.807) is 41.5 Å². The summed E-state index contributed by atoms with van der Waals surface area (Å²) in [5.74, 6) is -2.08. The largest absolute Gasteiger partial charge is 0.443 e. The molecule has 0 bridgehead atoms. The number of rotatable bonds is 8. The number of oxime groups is 1. The zero-order valence-corrected chi connectivity index (χ0v) is 31.1. The number of fused-ring (bicyclic) bond motifs is 3. The topological polar surface area (TPSA) is 176 Å². The molecule has 4 atom stereocenters. The van der Waals surface area contributed by atoms with Gasteiger partial charge in [0.25, 0.3) is 5.91 Å². The second-order valence-electron chi connectivity index (χ2n) is 15.7. The smallest absolute Gasteiger partial charge is 0.426 e. The second-order valence-corrected chi connectivity index (χ2v) is 17.7. The van der Waals surface area contributed by atoms with Gasteiger partial charge in [0.2, 0.25) is 15.9 Å². The van der Waals surface area contributed by atoms with Gasteiger partial charge < -0.3 is 19.8 Å². The Balaban J connectivity index is 1.29. The zero-order valence-electron chi connectivity index (χ0n) is 30.3. The number of urea groups is 1. The normalized spacial score (nSPS) is 23.5. The Morgan fingerprint density at radius 3 is 2.04 bits per heavy atom. The van der Waals surface area contributed by atoms with Crippen LogP contribution in [0.5, 0.6) is 0 Å². The van der Waals surface area contributed by atoms with Gasteiger partial charge in [-0.15, -0.1) is 6.58 Å². The minimum Gasteiger partial charge on any atom is -0.443 e. The van der Waals surface area contributed by atoms with Gasteiger partial charge in [0, 0.05) is 23.5 Å². The van der Waals surface area contributed by atoms with Crippen molar-refractivity contribution in [2.75, 3.05) is 6.54 Å². The molecule has 14 nitrogen and oxygen atoms in total. The number of likely N-dealkylation sites (tertiary alicyclic amines) is 1. The first kappa shape index (κ1) is 36.9. The molecule has 0 spiro atoms. The Kier molecular flexibility index (Phi) is 9.39. The van der Waals surface area contributed by atoms with Gasteiger partial charge >= 0.3 is 12.1 Å². The first-order valence-corrected chi connectivity index (χ1v) is 18.9. The third-order valence-electron chi connectivity index (χ3n) is 9.47. The summed E-state index contributed by atoms with van der Waals surface area (Å²) in [6.45, 7) is 13.9. The molecule has 2 aromatic carbocycles. The summed E-state index contributed by atoms with van der Waals surface area (Å²) in [5, 5.41) is 7.77. The number of carbonyl (C=O) groups is 4. The van der Waals surface area contributed by atoms with E-state index in [1.165, 1.54) is 11.0 Å². The lowest BCUT2D eigenvalue weighted by Crippen LogP contribution is -2.63. The number of nitrogens with zero attached hydrogens (tertiary/aromatic N) is 3. The number of amides is 5. The Morgan fingerprint density at radius 1 is 0.962 bits per heavy atom. The lowest BCUT2D eigenvalue weighted by Gasteiger charge is -2.39. The molecule has 0 radical (unpaired) electrons. The molecule has 15 heteroatoms. The summed E-state index contributed by atoms with van der Waals surface area (Å²) in [6.07, 6.45) is 0.881. The van der Waals surface area contributed by atoms with E-state index in [2.05, 4.69) is 27.2 Å². The molecule has 1 saturated heterocycles. The van der Waals surface area contributed by atoms with Gasteiger partial charge in [-0.05, 0) is 71.9 Å². The average molecular weight is 735 g/mol. The summed E-state index contributed by atoms with van der Waals surface area (Å²) >= 11 is 0. The lowest BCUT2D eigenvalue weighted by molar-refractivity contribution is -0.131. The van der Waals surface area contributed by atoms with Crippen molar-refractivity contribution < 1.29 is 37.2 Å². The van der Waals surface area contributed by atoms with Crippen LogP contribution in [0.4, 0.5) is 9.59 Å². The van der Waals surface area contributed by atoms with E-state index < -0.39 is 74.0 Å². The van der Waals surface area contributed by atoms with Crippen molar-refractivity contribution in [1.82, 2.24) is 25.4 Å². The van der Waals surface area contributed by atoms with Gasteiger partial charge in [-0.1, -0.05) is 59.8 Å². The van der Waals surface area contributed by atoms with E-state index in [4.69, 9.17) is 9.57 Å². The molecule has 278 valence electrons. The van der Waals surface area contributed by atoms with E-state index >= 15 is 0 Å². The minimum atomic E-state index is -3.90.